The molecule has 2 aliphatic heterocycles. The lowest BCUT2D eigenvalue weighted by Gasteiger charge is -2.43. The molecular weight excluding hydrogens is 454 g/mol. The van der Waals surface area contributed by atoms with E-state index in [0.717, 1.165) is 42.4 Å². The molecule has 3 heterocycles. The highest BCUT2D eigenvalue weighted by Gasteiger charge is 2.38. The maximum Gasteiger partial charge on any atom is 0.176 e. The molecule has 3 aromatic rings. The van der Waals surface area contributed by atoms with Gasteiger partial charge in [-0.25, -0.2) is 13.8 Å². The van der Waals surface area contributed by atoms with Crippen LogP contribution in [0.4, 0.5) is 8.78 Å². The van der Waals surface area contributed by atoms with Crippen LogP contribution in [0.25, 0.3) is 5.69 Å². The van der Waals surface area contributed by atoms with Crippen LogP contribution >= 0.6 is 0 Å². The molecule has 2 unspecified atom stereocenters. The van der Waals surface area contributed by atoms with Crippen LogP contribution in [0.3, 0.4) is 0 Å². The van der Waals surface area contributed by atoms with Crippen molar-refractivity contribution in [3.63, 3.8) is 0 Å². The van der Waals surface area contributed by atoms with E-state index < -0.39 is 11.6 Å². The van der Waals surface area contributed by atoms with Gasteiger partial charge in [0.25, 0.3) is 0 Å². The molecule has 5 rings (SSSR count). The lowest BCUT2D eigenvalue weighted by Crippen LogP contribution is -2.57. The second kappa shape index (κ2) is 10.8. The average Bonchev–Trinajstić information content (AvgIpc) is 3.30. The molecule has 2 atom stereocenters. The number of oxime groups is 1. The predicted octanol–water partition coefficient (Wildman–Crippen LogP) is 5.10. The zero-order chi connectivity index (χ0) is 24.9. The van der Waals surface area contributed by atoms with Crippen molar-refractivity contribution >= 4 is 5.84 Å². The molecule has 2 aliphatic rings. The Bertz CT molecular complexity index is 1180. The number of rotatable bonds is 5. The number of imidazole rings is 1. The fourth-order valence-electron chi connectivity index (χ4n) is 4.42. The van der Waals surface area contributed by atoms with E-state index in [1.165, 1.54) is 12.1 Å². The van der Waals surface area contributed by atoms with E-state index in [9.17, 15) is 8.78 Å². The number of hydrogen-bond acceptors (Lipinski definition) is 6. The summed E-state index contributed by atoms with van der Waals surface area (Å²) < 4.78 is 40.8. The maximum absolute atomic E-state index is 13.6. The zero-order valence-corrected chi connectivity index (χ0v) is 20.4. The van der Waals surface area contributed by atoms with Crippen molar-refractivity contribution in [2.75, 3.05) is 20.3 Å². The molecular formula is C26H30F2N4O3. The van der Waals surface area contributed by atoms with E-state index in [4.69, 9.17) is 14.3 Å². The maximum atomic E-state index is 13.6. The first-order valence-corrected chi connectivity index (χ1v) is 11.8. The molecule has 0 N–H and O–H groups in total. The predicted molar refractivity (Wildman–Crippen MR) is 129 cm³/mol. The lowest BCUT2D eigenvalue weighted by atomic mass is 9.97. The molecule has 0 spiro atoms. The number of aryl methyl sites for hydroxylation is 1. The van der Waals surface area contributed by atoms with Gasteiger partial charge in [-0.1, -0.05) is 19.0 Å². The van der Waals surface area contributed by atoms with Crippen molar-refractivity contribution in [3.05, 3.63) is 71.8 Å². The quantitative estimate of drug-likeness (QED) is 0.505. The van der Waals surface area contributed by atoms with Gasteiger partial charge in [-0.2, -0.15) is 0 Å². The minimum absolute atomic E-state index is 0.139. The standard InChI is InChI=1S/C24H24F2N4O3.C2H6/c1-15-12-29(14-27-15)20-6-5-16(8-23(20)31-2)24-28-32-13-21-22(4-3-7-30(21)24)33-19-10-17(25)9-18(26)11-19;1-2/h5-6,8-12,14,21-22H,3-4,7,13H2,1-2H3;1-2H3. The molecule has 1 saturated heterocycles. The average molecular weight is 485 g/mol. The van der Waals surface area contributed by atoms with Crippen molar-refractivity contribution in [2.24, 2.45) is 5.16 Å². The van der Waals surface area contributed by atoms with Crippen molar-refractivity contribution in [3.8, 4) is 17.2 Å². The SMILES string of the molecule is CC.COc1cc(C2=NOCC3C(Oc4cc(F)cc(F)c4)CCCN23)ccc1-n1cnc(C)c1. The molecule has 1 aromatic heterocycles. The number of hydrogen-bond donors (Lipinski definition) is 0. The van der Waals surface area contributed by atoms with Crippen molar-refractivity contribution in [1.29, 1.82) is 0 Å². The van der Waals surface area contributed by atoms with Gasteiger partial charge in [0.05, 0.1) is 24.8 Å². The topological polar surface area (TPSA) is 61.1 Å². The number of nitrogens with zero attached hydrogens (tertiary/aromatic N) is 4. The molecule has 1 fully saturated rings. The number of methoxy groups -OCH3 is 1. The summed E-state index contributed by atoms with van der Waals surface area (Å²) in [6, 6.07) is 8.92. The molecule has 186 valence electrons. The van der Waals surface area contributed by atoms with Gasteiger partial charge in [0.1, 0.15) is 41.9 Å². The monoisotopic (exact) mass is 484 g/mol. The molecule has 0 saturated carbocycles. The Balaban J connectivity index is 0.00000141. The van der Waals surface area contributed by atoms with Crippen molar-refractivity contribution in [2.45, 2.75) is 45.8 Å². The smallest absolute Gasteiger partial charge is 0.176 e. The molecule has 0 radical (unpaired) electrons. The van der Waals surface area contributed by atoms with Gasteiger partial charge in [0.15, 0.2) is 5.84 Å². The Labute approximate surface area is 203 Å². The summed E-state index contributed by atoms with van der Waals surface area (Å²) in [4.78, 5) is 12.0. The second-order valence-corrected chi connectivity index (χ2v) is 8.18. The van der Waals surface area contributed by atoms with E-state index in [-0.39, 0.29) is 17.9 Å². The van der Waals surface area contributed by atoms with Crippen LogP contribution in [0.1, 0.15) is 37.9 Å². The summed E-state index contributed by atoms with van der Waals surface area (Å²) in [7, 11) is 1.62. The molecule has 2 aromatic carbocycles. The third kappa shape index (κ3) is 5.23. The van der Waals surface area contributed by atoms with Gasteiger partial charge in [0.2, 0.25) is 0 Å². The number of halogens is 2. The lowest BCUT2D eigenvalue weighted by molar-refractivity contribution is -0.0160. The van der Waals surface area contributed by atoms with Crippen LogP contribution in [0.2, 0.25) is 0 Å². The third-order valence-electron chi connectivity index (χ3n) is 5.94. The summed E-state index contributed by atoms with van der Waals surface area (Å²) in [6.45, 7) is 7.03. The number of aromatic nitrogens is 2. The highest BCUT2D eigenvalue weighted by molar-refractivity contribution is 5.99. The van der Waals surface area contributed by atoms with Crippen LogP contribution in [0, 0.1) is 18.6 Å². The van der Waals surface area contributed by atoms with E-state index in [0.29, 0.717) is 18.2 Å². The summed E-state index contributed by atoms with van der Waals surface area (Å²) in [6.07, 6.45) is 4.97. The van der Waals surface area contributed by atoms with Crippen LogP contribution in [-0.4, -0.2) is 52.7 Å². The molecule has 35 heavy (non-hydrogen) atoms. The van der Waals surface area contributed by atoms with E-state index in [1.807, 2.05) is 49.7 Å². The van der Waals surface area contributed by atoms with Crippen molar-refractivity contribution in [1.82, 2.24) is 14.5 Å². The van der Waals surface area contributed by atoms with Crippen LogP contribution in [0.5, 0.6) is 11.5 Å². The fraction of sp³-hybridized carbons (Fsp3) is 0.385. The molecule has 0 bridgehead atoms. The van der Waals surface area contributed by atoms with E-state index in [2.05, 4.69) is 15.0 Å². The van der Waals surface area contributed by atoms with Gasteiger partial charge in [-0.3, -0.25) is 0 Å². The normalized spacial score (nSPS) is 19.0. The molecule has 0 amide bonds. The van der Waals surface area contributed by atoms with Gasteiger partial charge >= 0.3 is 0 Å². The van der Waals surface area contributed by atoms with Crippen LogP contribution in [-0.2, 0) is 4.84 Å². The first kappa shape index (κ1) is 24.5. The summed E-state index contributed by atoms with van der Waals surface area (Å²) in [5.41, 5.74) is 2.62. The van der Waals surface area contributed by atoms with Crippen LogP contribution in [0.15, 0.2) is 54.1 Å². The van der Waals surface area contributed by atoms with E-state index in [1.54, 1.807) is 13.4 Å². The Morgan fingerprint density at radius 1 is 1.09 bits per heavy atom. The zero-order valence-electron chi connectivity index (χ0n) is 20.4. The Morgan fingerprint density at radius 2 is 1.86 bits per heavy atom. The van der Waals surface area contributed by atoms with Gasteiger partial charge in [-0.05, 0) is 38.0 Å². The molecule has 9 heteroatoms. The highest BCUT2D eigenvalue weighted by Crippen LogP contribution is 2.31. The number of fused-ring (bicyclic) bond motifs is 1. The first-order valence-electron chi connectivity index (χ1n) is 11.8. The third-order valence-corrected chi connectivity index (χ3v) is 5.94. The number of ether oxygens (including phenoxy) is 2. The number of amidine groups is 1. The van der Waals surface area contributed by atoms with Crippen molar-refractivity contribution < 1.29 is 23.1 Å². The Hall–Kier alpha value is -3.62. The molecule has 0 aliphatic carbocycles. The summed E-state index contributed by atoms with van der Waals surface area (Å²) in [5, 5.41) is 4.33. The van der Waals surface area contributed by atoms with Gasteiger partial charge in [0, 0.05) is 36.5 Å². The van der Waals surface area contributed by atoms with Crippen LogP contribution < -0.4 is 9.47 Å². The van der Waals surface area contributed by atoms with Gasteiger partial charge in [-0.15, -0.1) is 0 Å². The molecule has 7 nitrogen and oxygen atoms in total. The van der Waals surface area contributed by atoms with Gasteiger partial charge < -0.3 is 23.8 Å². The Morgan fingerprint density at radius 3 is 2.54 bits per heavy atom. The summed E-state index contributed by atoms with van der Waals surface area (Å²) in [5.74, 6) is 0.191. The minimum Gasteiger partial charge on any atom is -0.495 e. The second-order valence-electron chi connectivity index (χ2n) is 8.18. The fourth-order valence-corrected chi connectivity index (χ4v) is 4.42. The van der Waals surface area contributed by atoms with E-state index >= 15 is 0 Å². The summed E-state index contributed by atoms with van der Waals surface area (Å²) >= 11 is 0. The number of piperidine rings is 1. The number of benzene rings is 2. The largest absolute Gasteiger partial charge is 0.495 e. The minimum atomic E-state index is -0.667. The highest BCUT2D eigenvalue weighted by atomic mass is 19.1. The first-order chi connectivity index (χ1) is 17.0. The Kier molecular flexibility index (Phi) is 7.53.